The summed E-state index contributed by atoms with van der Waals surface area (Å²) in [5.41, 5.74) is 0.675. The second-order valence-corrected chi connectivity index (χ2v) is 6.01. The molecule has 1 unspecified atom stereocenters. The molecule has 0 spiro atoms. The van der Waals surface area contributed by atoms with Crippen molar-refractivity contribution in [1.82, 2.24) is 15.0 Å². The van der Waals surface area contributed by atoms with Gasteiger partial charge >= 0.3 is 0 Å². The first-order chi connectivity index (χ1) is 8.49. The number of benzene rings is 1. The van der Waals surface area contributed by atoms with E-state index >= 15 is 0 Å². The Morgan fingerprint density at radius 2 is 2.11 bits per heavy atom. The van der Waals surface area contributed by atoms with Crippen LogP contribution in [0.25, 0.3) is 0 Å². The molecule has 3 nitrogen and oxygen atoms in total. The van der Waals surface area contributed by atoms with E-state index in [0.29, 0.717) is 5.69 Å². The normalized spacial score (nSPS) is 12.7. The zero-order valence-electron chi connectivity index (χ0n) is 9.37. The molecule has 2 aromatic rings. The van der Waals surface area contributed by atoms with Crippen molar-refractivity contribution in [2.75, 3.05) is 0 Å². The van der Waals surface area contributed by atoms with E-state index in [1.54, 1.807) is 6.20 Å². The van der Waals surface area contributed by atoms with Crippen LogP contribution in [0.15, 0.2) is 22.8 Å². The number of rotatable bonds is 3. The summed E-state index contributed by atoms with van der Waals surface area (Å²) in [6.07, 6.45) is 1.65. The molecule has 0 saturated carbocycles. The maximum atomic E-state index is 13.8. The highest BCUT2D eigenvalue weighted by molar-refractivity contribution is 9.10. The van der Waals surface area contributed by atoms with Gasteiger partial charge in [-0.15, -0.1) is 5.10 Å². The molecule has 1 atom stereocenters. The van der Waals surface area contributed by atoms with Gasteiger partial charge in [-0.3, -0.25) is 0 Å². The van der Waals surface area contributed by atoms with E-state index in [0.717, 1.165) is 0 Å². The van der Waals surface area contributed by atoms with Crippen molar-refractivity contribution >= 4 is 31.9 Å². The zero-order valence-corrected chi connectivity index (χ0v) is 12.5. The summed E-state index contributed by atoms with van der Waals surface area (Å²) < 4.78 is 28.9. The van der Waals surface area contributed by atoms with Crippen molar-refractivity contribution in [2.45, 2.75) is 18.3 Å². The Kier molecular flexibility index (Phi) is 4.11. The Labute approximate surface area is 119 Å². The Bertz CT molecular complexity index is 569. The lowest BCUT2D eigenvalue weighted by Gasteiger charge is -2.06. The number of halogens is 4. The number of alkyl halides is 1. The topological polar surface area (TPSA) is 30.7 Å². The van der Waals surface area contributed by atoms with Crippen molar-refractivity contribution in [3.63, 3.8) is 0 Å². The van der Waals surface area contributed by atoms with Gasteiger partial charge in [-0.25, -0.2) is 13.5 Å². The first kappa shape index (κ1) is 13.6. The third kappa shape index (κ3) is 2.77. The van der Waals surface area contributed by atoms with Crippen LogP contribution in [-0.2, 0) is 6.54 Å². The molecular weight excluding hydrogens is 372 g/mol. The summed E-state index contributed by atoms with van der Waals surface area (Å²) in [7, 11) is 0. The second kappa shape index (κ2) is 5.44. The van der Waals surface area contributed by atoms with Gasteiger partial charge in [0.2, 0.25) is 0 Å². The van der Waals surface area contributed by atoms with Crippen LogP contribution in [0.5, 0.6) is 0 Å². The van der Waals surface area contributed by atoms with Crippen LogP contribution in [0.2, 0.25) is 0 Å². The van der Waals surface area contributed by atoms with Crippen LogP contribution in [0.4, 0.5) is 8.78 Å². The summed E-state index contributed by atoms with van der Waals surface area (Å²) in [5, 5.41) is 7.74. The summed E-state index contributed by atoms with van der Waals surface area (Å²) in [6, 6.07) is 2.55. The zero-order chi connectivity index (χ0) is 13.3. The molecule has 0 aliphatic heterocycles. The Balaban J connectivity index is 2.31. The van der Waals surface area contributed by atoms with Gasteiger partial charge in [0, 0.05) is 11.8 Å². The van der Waals surface area contributed by atoms with Crippen molar-refractivity contribution in [3.8, 4) is 0 Å². The van der Waals surface area contributed by atoms with Crippen LogP contribution in [0.1, 0.15) is 23.0 Å². The fourth-order valence-electron chi connectivity index (χ4n) is 1.45. The maximum Gasteiger partial charge on any atom is 0.145 e. The Morgan fingerprint density at radius 1 is 1.39 bits per heavy atom. The lowest BCUT2D eigenvalue weighted by molar-refractivity contribution is 0.524. The quantitative estimate of drug-likeness (QED) is 0.598. The molecule has 96 valence electrons. The van der Waals surface area contributed by atoms with Gasteiger partial charge in [0.25, 0.3) is 0 Å². The molecule has 1 aromatic carbocycles. The SMILES string of the molecule is CC(Br)c1cn(Cc2c(F)ccc(Br)c2F)nn1. The molecule has 0 N–H and O–H groups in total. The molecule has 1 aromatic heterocycles. The van der Waals surface area contributed by atoms with Gasteiger partial charge in [0.1, 0.15) is 11.6 Å². The molecule has 0 aliphatic carbocycles. The predicted molar refractivity (Wildman–Crippen MR) is 70.5 cm³/mol. The molecule has 2 rings (SSSR count). The van der Waals surface area contributed by atoms with Gasteiger partial charge in [-0.05, 0) is 35.0 Å². The highest BCUT2D eigenvalue weighted by Crippen LogP contribution is 2.23. The third-order valence-corrected chi connectivity index (χ3v) is 3.50. The molecular formula is C11H9Br2F2N3. The number of hydrogen-bond acceptors (Lipinski definition) is 2. The molecule has 0 bridgehead atoms. The van der Waals surface area contributed by atoms with Crippen molar-refractivity contribution in [1.29, 1.82) is 0 Å². The number of hydrogen-bond donors (Lipinski definition) is 0. The Hall–Kier alpha value is -0.820. The number of aromatic nitrogens is 3. The summed E-state index contributed by atoms with van der Waals surface area (Å²) in [5.74, 6) is -1.21. The molecule has 0 saturated heterocycles. The summed E-state index contributed by atoms with van der Waals surface area (Å²) in [4.78, 5) is 0.0449. The monoisotopic (exact) mass is 379 g/mol. The van der Waals surface area contributed by atoms with Crippen molar-refractivity contribution in [2.24, 2.45) is 0 Å². The van der Waals surface area contributed by atoms with Gasteiger partial charge in [0.15, 0.2) is 0 Å². The highest BCUT2D eigenvalue weighted by atomic mass is 79.9. The minimum Gasteiger partial charge on any atom is -0.248 e. The first-order valence-electron chi connectivity index (χ1n) is 5.15. The summed E-state index contributed by atoms with van der Waals surface area (Å²) in [6.45, 7) is 1.90. The fraction of sp³-hybridized carbons (Fsp3) is 0.273. The van der Waals surface area contributed by atoms with Crippen LogP contribution >= 0.6 is 31.9 Å². The smallest absolute Gasteiger partial charge is 0.145 e. The van der Waals surface area contributed by atoms with E-state index in [2.05, 4.69) is 42.2 Å². The molecule has 0 fully saturated rings. The van der Waals surface area contributed by atoms with Crippen LogP contribution in [0.3, 0.4) is 0 Å². The van der Waals surface area contributed by atoms with E-state index in [-0.39, 0.29) is 21.4 Å². The summed E-state index contributed by atoms with van der Waals surface area (Å²) >= 11 is 6.38. The molecule has 0 radical (unpaired) electrons. The van der Waals surface area contributed by atoms with Gasteiger partial charge < -0.3 is 0 Å². The van der Waals surface area contributed by atoms with E-state index < -0.39 is 11.6 Å². The van der Waals surface area contributed by atoms with Crippen molar-refractivity contribution < 1.29 is 8.78 Å². The highest BCUT2D eigenvalue weighted by Gasteiger charge is 2.14. The van der Waals surface area contributed by atoms with Gasteiger partial charge in [-0.2, -0.15) is 0 Å². The van der Waals surface area contributed by atoms with Crippen LogP contribution < -0.4 is 0 Å². The minimum absolute atomic E-state index is 0.00380. The molecule has 1 heterocycles. The second-order valence-electron chi connectivity index (χ2n) is 3.78. The molecule has 0 aliphatic rings. The Morgan fingerprint density at radius 3 is 2.72 bits per heavy atom. The molecule has 0 amide bonds. The van der Waals surface area contributed by atoms with Crippen LogP contribution in [-0.4, -0.2) is 15.0 Å². The molecule has 18 heavy (non-hydrogen) atoms. The third-order valence-electron chi connectivity index (χ3n) is 2.42. The van der Waals surface area contributed by atoms with Crippen molar-refractivity contribution in [3.05, 3.63) is 45.7 Å². The van der Waals surface area contributed by atoms with Gasteiger partial charge in [-0.1, -0.05) is 21.1 Å². The lowest BCUT2D eigenvalue weighted by atomic mass is 10.2. The largest absolute Gasteiger partial charge is 0.248 e. The average Bonchev–Trinajstić information content (AvgIpc) is 2.78. The maximum absolute atomic E-state index is 13.8. The lowest BCUT2D eigenvalue weighted by Crippen LogP contribution is -2.06. The van der Waals surface area contributed by atoms with E-state index in [1.807, 2.05) is 6.92 Å². The molecule has 7 heteroatoms. The average molecular weight is 381 g/mol. The van der Waals surface area contributed by atoms with E-state index in [4.69, 9.17) is 0 Å². The fourth-order valence-corrected chi connectivity index (χ4v) is 2.03. The van der Waals surface area contributed by atoms with Crippen LogP contribution in [0, 0.1) is 11.6 Å². The predicted octanol–water partition coefficient (Wildman–Crippen LogP) is 3.82. The number of nitrogens with zero attached hydrogens (tertiary/aromatic N) is 3. The van der Waals surface area contributed by atoms with E-state index in [1.165, 1.54) is 16.8 Å². The minimum atomic E-state index is -0.612. The van der Waals surface area contributed by atoms with Gasteiger partial charge in [0.05, 0.1) is 21.5 Å². The van der Waals surface area contributed by atoms with E-state index in [9.17, 15) is 8.78 Å². The first-order valence-corrected chi connectivity index (χ1v) is 6.86. The standard InChI is InChI=1S/C11H9Br2F2N3/c1-6(12)10-5-18(17-16-10)4-7-9(14)3-2-8(13)11(7)15/h2-3,5-6H,4H2,1H3.